The highest BCUT2D eigenvalue weighted by atomic mass is 32.2. The lowest BCUT2D eigenvalue weighted by atomic mass is 10.2. The van der Waals surface area contributed by atoms with Crippen molar-refractivity contribution in [2.75, 3.05) is 26.2 Å². The number of piperazine rings is 1. The van der Waals surface area contributed by atoms with Crippen LogP contribution < -0.4 is 4.74 Å². The fourth-order valence-electron chi connectivity index (χ4n) is 3.01. The summed E-state index contributed by atoms with van der Waals surface area (Å²) in [7, 11) is -7.87. The van der Waals surface area contributed by atoms with Crippen molar-refractivity contribution in [2.24, 2.45) is 0 Å². The Hall–Kier alpha value is -2.08. The summed E-state index contributed by atoms with van der Waals surface area (Å²) >= 11 is 0. The first-order valence-corrected chi connectivity index (χ1v) is 11.6. The van der Waals surface area contributed by atoms with Crippen LogP contribution in [0.2, 0.25) is 0 Å². The Morgan fingerprint density at radius 2 is 1.34 bits per heavy atom. The summed E-state index contributed by atoms with van der Waals surface area (Å²) in [6, 6.07) is 11.5. The number of hydrogen-bond acceptors (Lipinski definition) is 5. The molecule has 0 bridgehead atoms. The zero-order chi connectivity index (χ0) is 21.2. The SMILES string of the molecule is Cc1ccc(S(=O)(=O)N2CCN(S(=O)(=O)c3ccccc3OC(F)F)CC2)cc1. The van der Waals surface area contributed by atoms with E-state index < -0.39 is 32.4 Å². The van der Waals surface area contributed by atoms with Gasteiger partial charge in [-0.05, 0) is 31.2 Å². The molecule has 3 rings (SSSR count). The molecule has 1 heterocycles. The maximum atomic E-state index is 12.9. The van der Waals surface area contributed by atoms with Gasteiger partial charge in [0.05, 0.1) is 4.90 Å². The van der Waals surface area contributed by atoms with Crippen molar-refractivity contribution in [2.45, 2.75) is 23.3 Å². The molecule has 0 amide bonds. The average Bonchev–Trinajstić information content (AvgIpc) is 2.68. The summed E-state index contributed by atoms with van der Waals surface area (Å²) in [5.74, 6) is -0.447. The number of halogens is 2. The quantitative estimate of drug-likeness (QED) is 0.680. The van der Waals surface area contributed by atoms with Gasteiger partial charge in [-0.2, -0.15) is 17.4 Å². The highest BCUT2D eigenvalue weighted by Crippen LogP contribution is 2.29. The molecule has 0 radical (unpaired) electrons. The van der Waals surface area contributed by atoms with E-state index in [4.69, 9.17) is 0 Å². The van der Waals surface area contributed by atoms with Crippen LogP contribution in [0, 0.1) is 6.92 Å². The lowest BCUT2D eigenvalue weighted by Crippen LogP contribution is -2.50. The van der Waals surface area contributed by atoms with Crippen LogP contribution in [0.3, 0.4) is 0 Å². The number of alkyl halides is 2. The van der Waals surface area contributed by atoms with Crippen molar-refractivity contribution < 1.29 is 30.4 Å². The molecule has 0 saturated carbocycles. The summed E-state index contributed by atoms with van der Waals surface area (Å²) < 4.78 is 83.1. The van der Waals surface area contributed by atoms with E-state index in [0.717, 1.165) is 15.9 Å². The van der Waals surface area contributed by atoms with Crippen LogP contribution in [0.25, 0.3) is 0 Å². The number of sulfonamides is 2. The van der Waals surface area contributed by atoms with Crippen LogP contribution in [0.15, 0.2) is 58.3 Å². The smallest absolute Gasteiger partial charge is 0.387 e. The van der Waals surface area contributed by atoms with Crippen LogP contribution in [-0.4, -0.2) is 58.2 Å². The predicted molar refractivity (Wildman–Crippen MR) is 102 cm³/mol. The lowest BCUT2D eigenvalue weighted by Gasteiger charge is -2.33. The zero-order valence-corrected chi connectivity index (χ0v) is 17.2. The molecule has 1 aliphatic rings. The predicted octanol–water partition coefficient (Wildman–Crippen LogP) is 2.29. The number of nitrogens with zero attached hydrogens (tertiary/aromatic N) is 2. The Morgan fingerprint density at radius 1 is 0.828 bits per heavy atom. The zero-order valence-electron chi connectivity index (χ0n) is 15.5. The van der Waals surface area contributed by atoms with Crippen molar-refractivity contribution in [3.63, 3.8) is 0 Å². The molecule has 1 aliphatic heterocycles. The van der Waals surface area contributed by atoms with Gasteiger partial charge < -0.3 is 4.74 Å². The molecule has 11 heteroatoms. The van der Waals surface area contributed by atoms with Crippen LogP contribution in [-0.2, 0) is 20.0 Å². The highest BCUT2D eigenvalue weighted by molar-refractivity contribution is 7.89. The molecule has 0 spiro atoms. The minimum absolute atomic E-state index is 0.0483. The second-order valence-electron chi connectivity index (χ2n) is 6.45. The molecule has 2 aromatic rings. The normalized spacial score (nSPS) is 16.8. The van der Waals surface area contributed by atoms with Gasteiger partial charge in [0.15, 0.2) is 0 Å². The van der Waals surface area contributed by atoms with E-state index >= 15 is 0 Å². The van der Waals surface area contributed by atoms with Crippen molar-refractivity contribution in [3.05, 3.63) is 54.1 Å². The van der Waals surface area contributed by atoms with E-state index in [0.29, 0.717) is 0 Å². The van der Waals surface area contributed by atoms with Gasteiger partial charge in [0.25, 0.3) is 0 Å². The molecule has 0 unspecified atom stereocenters. The van der Waals surface area contributed by atoms with E-state index in [1.54, 1.807) is 12.1 Å². The molecule has 29 heavy (non-hydrogen) atoms. The van der Waals surface area contributed by atoms with Gasteiger partial charge in [0, 0.05) is 26.2 Å². The number of benzene rings is 2. The molecule has 2 aromatic carbocycles. The maximum Gasteiger partial charge on any atom is 0.387 e. The standard InChI is InChI=1S/C18H20F2N2O5S2/c1-14-6-8-15(9-7-14)28(23,24)21-10-12-22(13-11-21)29(25,26)17-5-3-2-4-16(17)27-18(19)20/h2-9,18H,10-13H2,1H3. The summed E-state index contributed by atoms with van der Waals surface area (Å²) in [4.78, 5) is -0.245. The van der Waals surface area contributed by atoms with E-state index in [2.05, 4.69) is 4.74 Å². The van der Waals surface area contributed by atoms with Crippen LogP contribution in [0.4, 0.5) is 8.78 Å². The summed E-state index contributed by atoms with van der Waals surface area (Å²) in [6.45, 7) is -1.62. The monoisotopic (exact) mass is 446 g/mol. The van der Waals surface area contributed by atoms with Gasteiger partial charge in [-0.15, -0.1) is 0 Å². The minimum Gasteiger partial charge on any atom is -0.433 e. The van der Waals surface area contributed by atoms with Gasteiger partial charge in [0.2, 0.25) is 20.0 Å². The van der Waals surface area contributed by atoms with Crippen LogP contribution >= 0.6 is 0 Å². The topological polar surface area (TPSA) is 84.0 Å². The second kappa shape index (κ2) is 8.34. The fourth-order valence-corrected chi connectivity index (χ4v) is 5.97. The number of hydrogen-bond donors (Lipinski definition) is 0. The first kappa shape index (κ1) is 21.6. The number of aryl methyl sites for hydroxylation is 1. The molecule has 1 fully saturated rings. The Labute approximate surface area is 168 Å². The molecular weight excluding hydrogens is 426 g/mol. The molecule has 1 saturated heterocycles. The van der Waals surface area contributed by atoms with Crippen molar-refractivity contribution in [1.82, 2.24) is 8.61 Å². The average molecular weight is 446 g/mol. The first-order valence-electron chi connectivity index (χ1n) is 8.73. The summed E-state index contributed by atoms with van der Waals surface area (Å²) in [5, 5.41) is 0. The number of rotatable bonds is 6. The largest absolute Gasteiger partial charge is 0.433 e. The molecule has 0 aliphatic carbocycles. The van der Waals surface area contributed by atoms with Crippen LogP contribution in [0.1, 0.15) is 5.56 Å². The summed E-state index contributed by atoms with van der Waals surface area (Å²) in [6.07, 6.45) is 0. The number of ether oxygens (including phenoxy) is 1. The van der Waals surface area contributed by atoms with Gasteiger partial charge in [-0.3, -0.25) is 0 Å². The molecule has 0 aromatic heterocycles. The van der Waals surface area contributed by atoms with E-state index in [1.165, 1.54) is 34.6 Å². The van der Waals surface area contributed by atoms with Gasteiger partial charge in [0.1, 0.15) is 10.6 Å². The van der Waals surface area contributed by atoms with Crippen LogP contribution in [0.5, 0.6) is 5.75 Å². The fraction of sp³-hybridized carbons (Fsp3) is 0.333. The van der Waals surface area contributed by atoms with Crippen molar-refractivity contribution >= 4 is 20.0 Å². The highest BCUT2D eigenvalue weighted by Gasteiger charge is 2.35. The van der Waals surface area contributed by atoms with Gasteiger partial charge >= 0.3 is 6.61 Å². The Bertz CT molecular complexity index is 1070. The molecule has 7 nitrogen and oxygen atoms in total. The van der Waals surface area contributed by atoms with Crippen molar-refractivity contribution in [3.8, 4) is 5.75 Å². The molecule has 0 N–H and O–H groups in total. The second-order valence-corrected chi connectivity index (χ2v) is 10.3. The third-order valence-corrected chi connectivity index (χ3v) is 8.39. The van der Waals surface area contributed by atoms with Crippen molar-refractivity contribution in [1.29, 1.82) is 0 Å². The maximum absolute atomic E-state index is 12.9. The Balaban J connectivity index is 1.78. The van der Waals surface area contributed by atoms with E-state index in [-0.39, 0.29) is 36.0 Å². The molecule has 0 atom stereocenters. The molecular formula is C18H20F2N2O5S2. The Kier molecular flexibility index (Phi) is 6.22. The van der Waals surface area contributed by atoms with E-state index in [1.807, 2.05) is 6.92 Å². The van der Waals surface area contributed by atoms with Gasteiger partial charge in [-0.25, -0.2) is 16.8 Å². The molecule has 158 valence electrons. The number of para-hydroxylation sites is 1. The van der Waals surface area contributed by atoms with Gasteiger partial charge in [-0.1, -0.05) is 29.8 Å². The minimum atomic E-state index is -4.12. The third-order valence-electron chi connectivity index (χ3n) is 4.54. The third kappa shape index (κ3) is 4.58. The lowest BCUT2D eigenvalue weighted by molar-refractivity contribution is -0.0518. The Morgan fingerprint density at radius 3 is 1.90 bits per heavy atom. The first-order chi connectivity index (χ1) is 13.6. The summed E-state index contributed by atoms with van der Waals surface area (Å²) in [5.41, 5.74) is 0.921. The van der Waals surface area contributed by atoms with E-state index in [9.17, 15) is 25.6 Å².